The first-order valence-corrected chi connectivity index (χ1v) is 14.1. The van der Waals surface area contributed by atoms with Gasteiger partial charge in [-0.15, -0.1) is 11.3 Å². The lowest BCUT2D eigenvalue weighted by molar-refractivity contribution is -0.133. The molecule has 7 nitrogen and oxygen atoms in total. The van der Waals surface area contributed by atoms with Crippen molar-refractivity contribution in [1.82, 2.24) is 10.3 Å². The Hall–Kier alpha value is -4.33. The summed E-state index contributed by atoms with van der Waals surface area (Å²) in [7, 11) is 0. The SMILES string of the molecule is NC(=O)C1(C(=O)N(c2ccc(F)cc2)c2ccc(Oc3ccnc4cc(C#CC5CCNCC5)sc34)c(F)c2)CC1. The Morgan fingerprint density at radius 1 is 1.02 bits per heavy atom. The largest absolute Gasteiger partial charge is 0.453 e. The average molecular weight is 573 g/mol. The molecule has 0 radical (unpaired) electrons. The number of nitrogens with one attached hydrogen (secondary N) is 1. The summed E-state index contributed by atoms with van der Waals surface area (Å²) in [6, 6.07) is 12.8. The normalized spacial score (nSPS) is 16.0. The number of thiophene rings is 1. The predicted octanol–water partition coefficient (Wildman–Crippen LogP) is 5.65. The zero-order chi connectivity index (χ0) is 28.6. The predicted molar refractivity (Wildman–Crippen MR) is 153 cm³/mol. The Kier molecular flexibility index (Phi) is 7.15. The molecule has 3 N–H and O–H groups in total. The summed E-state index contributed by atoms with van der Waals surface area (Å²) in [5, 5.41) is 3.33. The number of ether oxygens (including phenoxy) is 1. The molecule has 1 saturated carbocycles. The number of halogens is 2. The Bertz CT molecular complexity index is 1700. The van der Waals surface area contributed by atoms with Crippen LogP contribution in [0.3, 0.4) is 0 Å². The molecule has 10 heteroatoms. The van der Waals surface area contributed by atoms with Gasteiger partial charge in [-0.05, 0) is 81.2 Å². The summed E-state index contributed by atoms with van der Waals surface area (Å²) < 4.78 is 35.8. The number of aromatic nitrogens is 1. The van der Waals surface area contributed by atoms with Gasteiger partial charge in [0.2, 0.25) is 11.8 Å². The zero-order valence-corrected chi connectivity index (χ0v) is 22.8. The first-order chi connectivity index (χ1) is 19.8. The van der Waals surface area contributed by atoms with Gasteiger partial charge in [0, 0.05) is 29.9 Å². The van der Waals surface area contributed by atoms with Crippen LogP contribution in [0.5, 0.6) is 11.5 Å². The molecule has 0 bridgehead atoms. The number of carbonyl (C=O) groups excluding carboxylic acids is 2. The molecule has 4 aromatic rings. The van der Waals surface area contributed by atoms with Crippen molar-refractivity contribution in [3.63, 3.8) is 0 Å². The van der Waals surface area contributed by atoms with E-state index in [4.69, 9.17) is 10.5 Å². The molecule has 1 aliphatic heterocycles. The van der Waals surface area contributed by atoms with Crippen molar-refractivity contribution in [2.75, 3.05) is 18.0 Å². The van der Waals surface area contributed by atoms with E-state index in [1.165, 1.54) is 52.6 Å². The summed E-state index contributed by atoms with van der Waals surface area (Å²) >= 11 is 1.43. The van der Waals surface area contributed by atoms with Gasteiger partial charge in [0.25, 0.3) is 0 Å². The number of piperidine rings is 1. The molecule has 2 fully saturated rings. The molecule has 0 unspecified atom stereocenters. The van der Waals surface area contributed by atoms with Gasteiger partial charge in [-0.2, -0.15) is 0 Å². The minimum atomic E-state index is -1.36. The summed E-state index contributed by atoms with van der Waals surface area (Å²) in [5.41, 5.74) is 5.32. The van der Waals surface area contributed by atoms with Crippen molar-refractivity contribution in [1.29, 1.82) is 0 Å². The van der Waals surface area contributed by atoms with E-state index in [9.17, 15) is 14.0 Å². The number of primary amides is 1. The van der Waals surface area contributed by atoms with Gasteiger partial charge < -0.3 is 15.8 Å². The molecular formula is C31H26F2N4O3S. The van der Waals surface area contributed by atoms with Gasteiger partial charge >= 0.3 is 0 Å². The molecule has 1 aliphatic carbocycles. The lowest BCUT2D eigenvalue weighted by atomic mass is 9.99. The van der Waals surface area contributed by atoms with Crippen LogP contribution >= 0.6 is 11.3 Å². The molecule has 0 spiro atoms. The first-order valence-electron chi connectivity index (χ1n) is 13.3. The van der Waals surface area contributed by atoms with E-state index in [0.717, 1.165) is 41.6 Å². The lowest BCUT2D eigenvalue weighted by Crippen LogP contribution is -2.41. The van der Waals surface area contributed by atoms with Gasteiger partial charge in [0.15, 0.2) is 11.6 Å². The van der Waals surface area contributed by atoms with Gasteiger partial charge in [-0.1, -0.05) is 11.8 Å². The maximum absolute atomic E-state index is 15.5. The van der Waals surface area contributed by atoms with Crippen molar-refractivity contribution in [3.8, 4) is 23.3 Å². The third-order valence-electron chi connectivity index (χ3n) is 7.43. The molecule has 0 atom stereocenters. The van der Waals surface area contributed by atoms with Crippen molar-refractivity contribution in [2.45, 2.75) is 25.7 Å². The number of nitrogens with two attached hydrogens (primary N) is 1. The Morgan fingerprint density at radius 2 is 1.76 bits per heavy atom. The second-order valence-electron chi connectivity index (χ2n) is 10.2. The standard InChI is InChI=1S/C31H26F2N4O3S/c32-20-2-4-21(5-3-20)37(30(39)31(12-13-31)29(34)38)22-6-8-26(24(33)17-22)40-27-11-16-36-25-18-23(41-28(25)27)7-1-19-9-14-35-15-10-19/h2-6,8,11,16-19,35H,9-10,12-15H2,(H2,34,38). The van der Waals surface area contributed by atoms with Crippen LogP contribution in [0.2, 0.25) is 0 Å². The van der Waals surface area contributed by atoms with E-state index < -0.39 is 28.9 Å². The van der Waals surface area contributed by atoms with E-state index in [1.807, 2.05) is 6.07 Å². The number of benzene rings is 2. The van der Waals surface area contributed by atoms with Crippen LogP contribution < -0.4 is 20.7 Å². The van der Waals surface area contributed by atoms with Gasteiger partial charge in [0.1, 0.15) is 17.0 Å². The fourth-order valence-corrected chi connectivity index (χ4v) is 5.83. The Morgan fingerprint density at radius 3 is 2.44 bits per heavy atom. The molecule has 3 heterocycles. The lowest BCUT2D eigenvalue weighted by Gasteiger charge is -2.26. The molecule has 1 saturated heterocycles. The molecule has 2 aromatic heterocycles. The monoisotopic (exact) mass is 572 g/mol. The van der Waals surface area contributed by atoms with E-state index in [-0.39, 0.29) is 17.1 Å². The Labute approximate surface area is 239 Å². The van der Waals surface area contributed by atoms with Gasteiger partial charge in [0.05, 0.1) is 20.8 Å². The van der Waals surface area contributed by atoms with Gasteiger partial charge in [-0.3, -0.25) is 19.5 Å². The smallest absolute Gasteiger partial charge is 0.247 e. The number of hydrogen-bond acceptors (Lipinski definition) is 6. The maximum atomic E-state index is 15.5. The Balaban J connectivity index is 1.29. The number of hydrogen-bond donors (Lipinski definition) is 2. The van der Waals surface area contributed by atoms with Crippen LogP contribution in [0, 0.1) is 34.8 Å². The van der Waals surface area contributed by atoms with Crippen molar-refractivity contribution in [2.24, 2.45) is 17.1 Å². The minimum Gasteiger partial charge on any atom is -0.453 e. The second-order valence-corrected chi connectivity index (χ2v) is 11.3. The number of pyridine rings is 1. The fraction of sp³-hybridized carbons (Fsp3) is 0.258. The van der Waals surface area contributed by atoms with Crippen LogP contribution in [0.4, 0.5) is 20.2 Å². The summed E-state index contributed by atoms with van der Waals surface area (Å²) in [4.78, 5) is 32.1. The van der Waals surface area contributed by atoms with Crippen LogP contribution in [0.15, 0.2) is 60.8 Å². The van der Waals surface area contributed by atoms with Crippen LogP contribution in [0.25, 0.3) is 10.2 Å². The molecule has 41 heavy (non-hydrogen) atoms. The topological polar surface area (TPSA) is 97.6 Å². The van der Waals surface area contributed by atoms with E-state index in [1.54, 1.807) is 12.3 Å². The fourth-order valence-electron chi connectivity index (χ4n) is 4.90. The highest BCUT2D eigenvalue weighted by molar-refractivity contribution is 7.19. The summed E-state index contributed by atoms with van der Waals surface area (Å²) in [6.45, 7) is 1.94. The van der Waals surface area contributed by atoms with Crippen molar-refractivity contribution >= 4 is 44.7 Å². The van der Waals surface area contributed by atoms with Crippen molar-refractivity contribution < 1.29 is 23.1 Å². The number of anilines is 2. The number of fused-ring (bicyclic) bond motifs is 1. The summed E-state index contributed by atoms with van der Waals surface area (Å²) in [6.07, 6.45) is 4.23. The van der Waals surface area contributed by atoms with Crippen molar-refractivity contribution in [3.05, 3.63) is 77.3 Å². The molecule has 2 aliphatic rings. The minimum absolute atomic E-state index is 0.0560. The van der Waals surface area contributed by atoms with E-state index in [0.29, 0.717) is 30.0 Å². The molecular weight excluding hydrogens is 546 g/mol. The van der Waals surface area contributed by atoms with Crippen LogP contribution in [0.1, 0.15) is 30.6 Å². The number of nitrogens with zero attached hydrogens (tertiary/aromatic N) is 2. The highest BCUT2D eigenvalue weighted by Gasteiger charge is 2.57. The number of rotatable bonds is 6. The number of amides is 2. The van der Waals surface area contributed by atoms with E-state index >= 15 is 4.39 Å². The maximum Gasteiger partial charge on any atom is 0.247 e. The van der Waals surface area contributed by atoms with Crippen LogP contribution in [-0.2, 0) is 9.59 Å². The zero-order valence-electron chi connectivity index (χ0n) is 22.0. The average Bonchev–Trinajstić information content (AvgIpc) is 3.69. The van der Waals surface area contributed by atoms with Gasteiger partial charge in [-0.25, -0.2) is 8.78 Å². The highest BCUT2D eigenvalue weighted by atomic mass is 32.1. The molecule has 2 amide bonds. The van der Waals surface area contributed by atoms with Crippen LogP contribution in [-0.4, -0.2) is 29.9 Å². The first kappa shape index (κ1) is 26.9. The molecule has 208 valence electrons. The summed E-state index contributed by atoms with van der Waals surface area (Å²) in [5.74, 6) is 4.79. The quantitative estimate of drug-likeness (QED) is 0.230. The number of carbonyl (C=O) groups is 2. The third-order valence-corrected chi connectivity index (χ3v) is 8.48. The highest BCUT2D eigenvalue weighted by Crippen LogP contribution is 2.49. The van der Waals surface area contributed by atoms with E-state index in [2.05, 4.69) is 22.1 Å². The molecule has 2 aromatic carbocycles. The second kappa shape index (κ2) is 10.9. The molecule has 6 rings (SSSR count). The third kappa shape index (κ3) is 5.38.